The summed E-state index contributed by atoms with van der Waals surface area (Å²) in [6, 6.07) is 0. The molecule has 0 radical (unpaired) electrons. The maximum Gasteiger partial charge on any atom is 0.302 e. The van der Waals surface area contributed by atoms with Gasteiger partial charge in [0, 0.05) is 29.1 Å². The lowest BCUT2D eigenvalue weighted by Gasteiger charge is -2.68. The predicted octanol–water partition coefficient (Wildman–Crippen LogP) is 6.91. The second kappa shape index (κ2) is 7.07. The van der Waals surface area contributed by atoms with Gasteiger partial charge in [-0.15, -0.1) is 0 Å². The molecule has 0 N–H and O–H groups in total. The lowest BCUT2D eigenvalue weighted by Crippen LogP contribution is -2.66. The van der Waals surface area contributed by atoms with E-state index in [1.807, 2.05) is 0 Å². The molecule has 1 aliphatic heterocycles. The van der Waals surface area contributed by atoms with Gasteiger partial charge in [0.2, 0.25) is 0 Å². The molecule has 0 amide bonds. The van der Waals surface area contributed by atoms with E-state index in [4.69, 9.17) is 9.47 Å². The van der Waals surface area contributed by atoms with E-state index in [1.165, 1.54) is 5.57 Å². The fourth-order valence-corrected chi connectivity index (χ4v) is 11.4. The van der Waals surface area contributed by atoms with Crippen LogP contribution in [-0.2, 0) is 19.1 Å². The first-order valence-corrected chi connectivity index (χ1v) is 14.6. The van der Waals surface area contributed by atoms with Gasteiger partial charge in [-0.3, -0.25) is 9.59 Å². The van der Waals surface area contributed by atoms with Crippen LogP contribution in [-0.4, -0.2) is 30.1 Å². The second-order valence-electron chi connectivity index (χ2n) is 16.0. The molecule has 6 aliphatic rings. The van der Waals surface area contributed by atoms with Crippen LogP contribution in [0.5, 0.6) is 0 Å². The van der Waals surface area contributed by atoms with Crippen molar-refractivity contribution in [2.45, 2.75) is 126 Å². The normalized spacial score (nSPS) is 54.0. The molecular formula is C32H48O4. The van der Waals surface area contributed by atoms with E-state index in [0.29, 0.717) is 23.5 Å². The molecule has 5 aliphatic carbocycles. The number of esters is 1. The van der Waals surface area contributed by atoms with Crippen molar-refractivity contribution in [2.24, 2.45) is 50.2 Å². The molecule has 4 heteroatoms. The number of hydrogen-bond acceptors (Lipinski definition) is 4. The molecule has 4 nitrogen and oxygen atoms in total. The summed E-state index contributed by atoms with van der Waals surface area (Å²) in [6.07, 6.45) is 9.99. The van der Waals surface area contributed by atoms with Gasteiger partial charge < -0.3 is 9.47 Å². The molecule has 200 valence electrons. The van der Waals surface area contributed by atoms with Crippen LogP contribution < -0.4 is 0 Å². The Balaban J connectivity index is 1.44. The van der Waals surface area contributed by atoms with E-state index in [0.717, 1.165) is 44.9 Å². The Labute approximate surface area is 218 Å². The monoisotopic (exact) mass is 496 g/mol. The van der Waals surface area contributed by atoms with Crippen molar-refractivity contribution in [1.29, 1.82) is 0 Å². The van der Waals surface area contributed by atoms with Gasteiger partial charge >= 0.3 is 5.97 Å². The van der Waals surface area contributed by atoms with Crippen LogP contribution in [0.4, 0.5) is 0 Å². The SMILES string of the molecule is CC(=O)O[C@H]1CC[C@@]2(C)[C@H](CC[C@@]3(C)C4=CC(=O)[C@@]5(C)CCC(C)(C)C[C@@H]5[C@]4(C)[C@@H]4O[C@H]4[C@H]23)C1(C)C. The highest BCUT2D eigenvalue weighted by molar-refractivity contribution is 5.97. The minimum Gasteiger partial charge on any atom is -0.462 e. The Kier molecular flexibility index (Phi) is 4.94. The van der Waals surface area contributed by atoms with Crippen molar-refractivity contribution in [2.75, 3.05) is 0 Å². The summed E-state index contributed by atoms with van der Waals surface area (Å²) in [6.45, 7) is 20.7. The summed E-state index contributed by atoms with van der Waals surface area (Å²) in [5.74, 6) is 1.42. The quantitative estimate of drug-likeness (QED) is 0.292. The molecule has 36 heavy (non-hydrogen) atoms. The molecule has 1 saturated heterocycles. The van der Waals surface area contributed by atoms with E-state index in [9.17, 15) is 9.59 Å². The first-order valence-electron chi connectivity index (χ1n) is 14.6. The Hall–Kier alpha value is -1.16. The highest BCUT2D eigenvalue weighted by Gasteiger charge is 2.78. The maximum atomic E-state index is 13.9. The molecule has 0 aromatic rings. The topological polar surface area (TPSA) is 55.9 Å². The van der Waals surface area contributed by atoms with E-state index < -0.39 is 0 Å². The van der Waals surface area contributed by atoms with Gasteiger partial charge in [0.15, 0.2) is 5.78 Å². The van der Waals surface area contributed by atoms with Crippen molar-refractivity contribution in [3.05, 3.63) is 11.6 Å². The van der Waals surface area contributed by atoms with Gasteiger partial charge in [0.1, 0.15) is 6.10 Å². The minimum absolute atomic E-state index is 0.0251. The van der Waals surface area contributed by atoms with Gasteiger partial charge in [0.05, 0.1) is 12.2 Å². The number of hydrogen-bond donors (Lipinski definition) is 0. The lowest BCUT2D eigenvalue weighted by atomic mass is 9.34. The molecule has 6 rings (SSSR count). The molecule has 0 bridgehead atoms. The number of ketones is 1. The number of carbonyl (C=O) groups excluding carboxylic acids is 2. The van der Waals surface area contributed by atoms with Crippen LogP contribution in [0.25, 0.3) is 0 Å². The molecule has 5 fully saturated rings. The minimum atomic E-state index is -0.265. The Morgan fingerprint density at radius 2 is 1.61 bits per heavy atom. The van der Waals surface area contributed by atoms with Gasteiger partial charge in [-0.25, -0.2) is 0 Å². The summed E-state index contributed by atoms with van der Waals surface area (Å²) in [5, 5.41) is 0. The van der Waals surface area contributed by atoms with Gasteiger partial charge in [-0.2, -0.15) is 0 Å². The number of ether oxygens (including phenoxy) is 2. The predicted molar refractivity (Wildman–Crippen MR) is 140 cm³/mol. The zero-order valence-electron chi connectivity index (χ0n) is 24.1. The number of fused-ring (bicyclic) bond motifs is 10. The van der Waals surface area contributed by atoms with Crippen molar-refractivity contribution in [3.8, 4) is 0 Å². The van der Waals surface area contributed by atoms with Crippen molar-refractivity contribution in [3.63, 3.8) is 0 Å². The molecular weight excluding hydrogens is 448 g/mol. The van der Waals surface area contributed by atoms with Gasteiger partial charge in [0.25, 0.3) is 0 Å². The van der Waals surface area contributed by atoms with Crippen molar-refractivity contribution in [1.82, 2.24) is 0 Å². The smallest absolute Gasteiger partial charge is 0.302 e. The summed E-state index contributed by atoms with van der Waals surface area (Å²) in [4.78, 5) is 25.8. The standard InChI is InChI=1S/C32H48O4/c1-18(33)35-23-11-13-30(7)19(28(23,4)5)10-12-31(8)20-16-22(34)29(6)15-14-27(2,3)17-21(29)32(20,9)26-24(36-26)25(30)31/h16,19,21,23-26H,10-15,17H2,1-9H3/t19-,21+,23+,24+,25-,26-,29+,30+,31+,32-/m1/s1. The molecule has 0 unspecified atom stereocenters. The van der Waals surface area contributed by atoms with E-state index >= 15 is 0 Å². The zero-order valence-corrected chi connectivity index (χ0v) is 24.1. The molecule has 10 atom stereocenters. The average molecular weight is 497 g/mol. The van der Waals surface area contributed by atoms with Crippen LogP contribution in [0.3, 0.4) is 0 Å². The molecule has 4 saturated carbocycles. The number of epoxide rings is 1. The first kappa shape index (κ1) is 25.1. The zero-order chi connectivity index (χ0) is 26.3. The van der Waals surface area contributed by atoms with Crippen LogP contribution in [0, 0.1) is 50.2 Å². The molecule has 0 spiro atoms. The van der Waals surface area contributed by atoms with Crippen LogP contribution >= 0.6 is 0 Å². The lowest BCUT2D eigenvalue weighted by molar-refractivity contribution is -0.195. The van der Waals surface area contributed by atoms with Crippen molar-refractivity contribution >= 4 is 11.8 Å². The molecule has 1 heterocycles. The Morgan fingerprint density at radius 3 is 2.28 bits per heavy atom. The summed E-state index contributed by atoms with van der Waals surface area (Å²) >= 11 is 0. The number of carbonyl (C=O) groups is 2. The highest BCUT2D eigenvalue weighted by atomic mass is 16.6. The van der Waals surface area contributed by atoms with Gasteiger partial charge in [-0.05, 0) is 79.1 Å². The van der Waals surface area contributed by atoms with E-state index in [-0.39, 0.29) is 56.8 Å². The maximum absolute atomic E-state index is 13.9. The van der Waals surface area contributed by atoms with Crippen LogP contribution in [0.1, 0.15) is 107 Å². The Bertz CT molecular complexity index is 1050. The fourth-order valence-electron chi connectivity index (χ4n) is 11.4. The van der Waals surface area contributed by atoms with Crippen LogP contribution in [0.2, 0.25) is 0 Å². The van der Waals surface area contributed by atoms with Gasteiger partial charge in [-0.1, -0.05) is 61.0 Å². The summed E-state index contributed by atoms with van der Waals surface area (Å²) < 4.78 is 12.7. The second-order valence-corrected chi connectivity index (χ2v) is 16.0. The van der Waals surface area contributed by atoms with Crippen molar-refractivity contribution < 1.29 is 19.1 Å². The van der Waals surface area contributed by atoms with E-state index in [2.05, 4.69) is 61.5 Å². The summed E-state index contributed by atoms with van der Waals surface area (Å²) in [7, 11) is 0. The third kappa shape index (κ3) is 2.92. The van der Waals surface area contributed by atoms with E-state index in [1.54, 1.807) is 6.92 Å². The number of allylic oxidation sites excluding steroid dienone is 1. The number of rotatable bonds is 1. The molecule has 0 aromatic carbocycles. The highest BCUT2D eigenvalue weighted by Crippen LogP contribution is 2.78. The first-order chi connectivity index (χ1) is 16.5. The summed E-state index contributed by atoms with van der Waals surface area (Å²) in [5.41, 5.74) is 1.35. The fraction of sp³-hybridized carbons (Fsp3) is 0.875. The average Bonchev–Trinajstić information content (AvgIpc) is 3.54. The Morgan fingerprint density at radius 1 is 0.917 bits per heavy atom. The third-order valence-corrected chi connectivity index (χ3v) is 13.2. The third-order valence-electron chi connectivity index (χ3n) is 13.2. The van der Waals surface area contributed by atoms with Crippen LogP contribution in [0.15, 0.2) is 11.6 Å². The molecule has 0 aromatic heterocycles. The largest absolute Gasteiger partial charge is 0.462 e.